The number of phenols is 1. The summed E-state index contributed by atoms with van der Waals surface area (Å²) in [6.45, 7) is 2.25. The molecule has 0 aliphatic carbocycles. The average Bonchev–Trinajstić information content (AvgIpc) is 3.34. The first-order chi connectivity index (χ1) is 18.5. The van der Waals surface area contributed by atoms with Gasteiger partial charge in [0.2, 0.25) is 0 Å². The smallest absolute Gasteiger partial charge is 0.305 e. The van der Waals surface area contributed by atoms with Gasteiger partial charge in [-0.15, -0.1) is 0 Å². The number of rotatable bonds is 11. The zero-order valence-electron chi connectivity index (χ0n) is 21.0. The van der Waals surface area contributed by atoms with Crippen molar-refractivity contribution in [1.82, 2.24) is 15.6 Å². The van der Waals surface area contributed by atoms with Crippen LogP contribution in [0.25, 0.3) is 21.3 Å². The van der Waals surface area contributed by atoms with Crippen molar-refractivity contribution in [2.24, 2.45) is 0 Å². The van der Waals surface area contributed by atoms with E-state index in [9.17, 15) is 15.0 Å². The Morgan fingerprint density at radius 2 is 1.50 bits per heavy atom. The minimum Gasteiger partial charge on any atom is -0.506 e. The fourth-order valence-electron chi connectivity index (χ4n) is 4.61. The van der Waals surface area contributed by atoms with Crippen LogP contribution in [0.2, 0.25) is 0 Å². The van der Waals surface area contributed by atoms with E-state index in [1.165, 1.54) is 27.8 Å². The van der Waals surface area contributed by atoms with E-state index in [4.69, 9.17) is 0 Å². The lowest BCUT2D eigenvalue weighted by molar-refractivity contribution is 0.139. The normalized spacial score (nSPS) is 12.1. The molecule has 0 saturated heterocycles. The molecule has 0 spiro atoms. The molecule has 38 heavy (non-hydrogen) atoms. The quantitative estimate of drug-likeness (QED) is 0.157. The van der Waals surface area contributed by atoms with Gasteiger partial charge in [0, 0.05) is 26.1 Å². The van der Waals surface area contributed by atoms with E-state index in [1.807, 2.05) is 6.07 Å². The molecular formula is C31H31N3O3S. The molecule has 1 heterocycles. The minimum atomic E-state index is -0.761. The van der Waals surface area contributed by atoms with E-state index >= 15 is 0 Å². The summed E-state index contributed by atoms with van der Waals surface area (Å²) in [4.78, 5) is 14.2. The molecule has 0 radical (unpaired) electrons. The highest BCUT2D eigenvalue weighted by atomic mass is 32.1. The average molecular weight is 526 g/mol. The van der Waals surface area contributed by atoms with E-state index in [0.29, 0.717) is 23.2 Å². The highest BCUT2D eigenvalue weighted by molar-refractivity contribution is 7.16. The molecule has 0 saturated carbocycles. The SMILES string of the molecule is O=c1[nH]c2c(O)ccc(CC(O)NCCc3cccc(-c4cccc(CNCc5ccccc5)c4)c3)c2s1. The number of phenolic OH excluding ortho intramolecular Hbond substituents is 1. The lowest BCUT2D eigenvalue weighted by atomic mass is 10.00. The Morgan fingerprint density at radius 1 is 0.816 bits per heavy atom. The number of nitrogens with one attached hydrogen (secondary N) is 3. The van der Waals surface area contributed by atoms with Crippen LogP contribution in [0.15, 0.2) is 95.8 Å². The topological polar surface area (TPSA) is 97.4 Å². The van der Waals surface area contributed by atoms with Crippen LogP contribution >= 0.6 is 11.3 Å². The van der Waals surface area contributed by atoms with E-state index in [-0.39, 0.29) is 10.6 Å². The molecule has 6 nitrogen and oxygen atoms in total. The summed E-state index contributed by atoms with van der Waals surface area (Å²) in [6.07, 6.45) is 0.352. The number of aliphatic hydroxyl groups excluding tert-OH is 1. The van der Waals surface area contributed by atoms with Crippen molar-refractivity contribution in [1.29, 1.82) is 0 Å². The summed E-state index contributed by atoms with van der Waals surface area (Å²) in [7, 11) is 0. The lowest BCUT2D eigenvalue weighted by Gasteiger charge is -2.14. The van der Waals surface area contributed by atoms with Gasteiger partial charge in [0.15, 0.2) is 0 Å². The van der Waals surface area contributed by atoms with Gasteiger partial charge in [-0.3, -0.25) is 10.1 Å². The fourth-order valence-corrected chi connectivity index (χ4v) is 5.49. The van der Waals surface area contributed by atoms with Gasteiger partial charge in [0.1, 0.15) is 17.5 Å². The molecule has 0 bridgehead atoms. The number of fused-ring (bicyclic) bond motifs is 1. The molecule has 1 unspecified atom stereocenters. The van der Waals surface area contributed by atoms with Crippen molar-refractivity contribution < 1.29 is 10.2 Å². The van der Waals surface area contributed by atoms with Crippen molar-refractivity contribution in [2.45, 2.75) is 32.2 Å². The van der Waals surface area contributed by atoms with Crippen LogP contribution in [0.1, 0.15) is 22.3 Å². The summed E-state index contributed by atoms with van der Waals surface area (Å²) >= 11 is 1.05. The molecular weight excluding hydrogens is 494 g/mol. The van der Waals surface area contributed by atoms with Crippen molar-refractivity contribution in [3.63, 3.8) is 0 Å². The summed E-state index contributed by atoms with van der Waals surface area (Å²) < 4.78 is 0.682. The number of aromatic amines is 1. The van der Waals surface area contributed by atoms with Gasteiger partial charge >= 0.3 is 4.87 Å². The van der Waals surface area contributed by atoms with Crippen molar-refractivity contribution in [3.05, 3.63) is 123 Å². The Hall–Kier alpha value is -3.75. The minimum absolute atomic E-state index is 0.0402. The molecule has 5 rings (SSSR count). The maximum Gasteiger partial charge on any atom is 0.305 e. The number of hydrogen-bond acceptors (Lipinski definition) is 6. The molecule has 0 amide bonds. The molecule has 7 heteroatoms. The molecule has 0 aliphatic heterocycles. The Labute approximate surface area is 225 Å². The molecule has 0 fully saturated rings. The van der Waals surface area contributed by atoms with Crippen LogP contribution < -0.4 is 15.5 Å². The van der Waals surface area contributed by atoms with Gasteiger partial charge in [-0.05, 0) is 51.9 Å². The molecule has 4 aromatic carbocycles. The summed E-state index contributed by atoms with van der Waals surface area (Å²) in [5.41, 5.74) is 7.30. The largest absolute Gasteiger partial charge is 0.506 e. The first-order valence-electron chi connectivity index (χ1n) is 12.7. The van der Waals surface area contributed by atoms with Gasteiger partial charge < -0.3 is 20.5 Å². The summed E-state index contributed by atoms with van der Waals surface area (Å²) in [5, 5.41) is 27.2. The number of aliphatic hydroxyl groups is 1. The Bertz CT molecular complexity index is 1560. The van der Waals surface area contributed by atoms with E-state index in [0.717, 1.165) is 36.4 Å². The Balaban J connectivity index is 1.15. The van der Waals surface area contributed by atoms with Gasteiger partial charge in [-0.1, -0.05) is 90.2 Å². The Kier molecular flexibility index (Phi) is 8.31. The predicted molar refractivity (Wildman–Crippen MR) is 154 cm³/mol. The zero-order chi connectivity index (χ0) is 26.3. The zero-order valence-corrected chi connectivity index (χ0v) is 21.8. The predicted octanol–water partition coefficient (Wildman–Crippen LogP) is 4.95. The number of hydrogen-bond donors (Lipinski definition) is 5. The van der Waals surface area contributed by atoms with Crippen LogP contribution in [0.4, 0.5) is 0 Å². The van der Waals surface area contributed by atoms with E-state index in [2.05, 4.69) is 88.4 Å². The maximum absolute atomic E-state index is 11.7. The molecule has 194 valence electrons. The van der Waals surface area contributed by atoms with Crippen LogP contribution in [0.5, 0.6) is 5.75 Å². The second kappa shape index (κ2) is 12.2. The third kappa shape index (κ3) is 6.57. The van der Waals surface area contributed by atoms with Gasteiger partial charge in [0.05, 0.1) is 4.70 Å². The van der Waals surface area contributed by atoms with Crippen molar-refractivity contribution >= 4 is 21.6 Å². The van der Waals surface area contributed by atoms with Gasteiger partial charge in [-0.25, -0.2) is 0 Å². The van der Waals surface area contributed by atoms with E-state index < -0.39 is 6.23 Å². The monoisotopic (exact) mass is 525 g/mol. The molecule has 1 aromatic heterocycles. The number of aromatic nitrogens is 1. The van der Waals surface area contributed by atoms with Crippen molar-refractivity contribution in [3.8, 4) is 16.9 Å². The number of benzene rings is 4. The molecule has 1 atom stereocenters. The van der Waals surface area contributed by atoms with Crippen LogP contribution in [-0.4, -0.2) is 28.0 Å². The standard InChI is InChI=1S/C31H31N3O3S/c35-27-13-12-26(30-29(27)34-31(37)38-30)18-28(36)33-15-14-21-8-4-10-24(16-21)25-11-5-9-23(17-25)20-32-19-22-6-2-1-3-7-22/h1-13,16-17,28,32-33,35-36H,14-15,18-20H2,(H,34,37). The third-order valence-electron chi connectivity index (χ3n) is 6.53. The Morgan fingerprint density at radius 3 is 2.29 bits per heavy atom. The highest BCUT2D eigenvalue weighted by Crippen LogP contribution is 2.28. The van der Waals surface area contributed by atoms with Gasteiger partial charge in [0.25, 0.3) is 0 Å². The van der Waals surface area contributed by atoms with Crippen LogP contribution in [-0.2, 0) is 25.9 Å². The molecule has 5 aromatic rings. The van der Waals surface area contributed by atoms with E-state index in [1.54, 1.807) is 12.1 Å². The first-order valence-corrected chi connectivity index (χ1v) is 13.5. The summed E-state index contributed by atoms with van der Waals surface area (Å²) in [6, 6.07) is 30.8. The maximum atomic E-state index is 11.7. The van der Waals surface area contributed by atoms with Crippen LogP contribution in [0, 0.1) is 0 Å². The lowest BCUT2D eigenvalue weighted by Crippen LogP contribution is -2.32. The van der Waals surface area contributed by atoms with Crippen molar-refractivity contribution in [2.75, 3.05) is 6.54 Å². The molecule has 5 N–H and O–H groups in total. The second-order valence-electron chi connectivity index (χ2n) is 9.38. The summed E-state index contributed by atoms with van der Waals surface area (Å²) in [5.74, 6) is 0.0402. The van der Waals surface area contributed by atoms with Gasteiger partial charge in [-0.2, -0.15) is 0 Å². The van der Waals surface area contributed by atoms with Crippen LogP contribution in [0.3, 0.4) is 0 Å². The highest BCUT2D eigenvalue weighted by Gasteiger charge is 2.13. The number of H-pyrrole nitrogens is 1. The number of thiazole rings is 1. The first kappa shape index (κ1) is 25.9. The second-order valence-corrected chi connectivity index (χ2v) is 10.4. The molecule has 0 aliphatic rings. The third-order valence-corrected chi connectivity index (χ3v) is 7.49. The number of aromatic hydroxyl groups is 1. The fraction of sp³-hybridized carbons (Fsp3) is 0.194.